The first-order valence-corrected chi connectivity index (χ1v) is 9.58. The third-order valence-electron chi connectivity index (χ3n) is 5.67. The summed E-state index contributed by atoms with van der Waals surface area (Å²) in [6.45, 7) is 7.53. The molecule has 0 saturated carbocycles. The highest BCUT2D eigenvalue weighted by atomic mass is 16.2. The number of carbonyl (C=O) groups is 2. The van der Waals surface area contributed by atoms with Crippen molar-refractivity contribution in [2.24, 2.45) is 11.7 Å². The van der Waals surface area contributed by atoms with Crippen LogP contribution in [0.5, 0.6) is 0 Å². The van der Waals surface area contributed by atoms with Crippen molar-refractivity contribution in [1.29, 1.82) is 0 Å². The number of rotatable bonds is 5. The van der Waals surface area contributed by atoms with Crippen LogP contribution in [0.4, 0.5) is 0 Å². The molecule has 6 nitrogen and oxygen atoms in total. The summed E-state index contributed by atoms with van der Waals surface area (Å²) in [5, 5.41) is 0. The van der Waals surface area contributed by atoms with Crippen LogP contribution in [0.25, 0.3) is 0 Å². The molecule has 0 bridgehead atoms. The number of benzene rings is 1. The van der Waals surface area contributed by atoms with Crippen LogP contribution in [0.15, 0.2) is 24.3 Å². The molecule has 2 aliphatic heterocycles. The lowest BCUT2D eigenvalue weighted by molar-refractivity contribution is -0.131. The van der Waals surface area contributed by atoms with Gasteiger partial charge >= 0.3 is 0 Å². The van der Waals surface area contributed by atoms with Gasteiger partial charge in [0.1, 0.15) is 0 Å². The van der Waals surface area contributed by atoms with Gasteiger partial charge in [0.2, 0.25) is 11.8 Å². The molecule has 0 unspecified atom stereocenters. The lowest BCUT2D eigenvalue weighted by Crippen LogP contribution is -2.48. The van der Waals surface area contributed by atoms with Crippen molar-refractivity contribution in [3.8, 4) is 0 Å². The summed E-state index contributed by atoms with van der Waals surface area (Å²) < 4.78 is 0. The van der Waals surface area contributed by atoms with Gasteiger partial charge in [-0.3, -0.25) is 9.59 Å². The van der Waals surface area contributed by atoms with Gasteiger partial charge in [-0.2, -0.15) is 0 Å². The average molecular weight is 358 g/mol. The van der Waals surface area contributed by atoms with Crippen LogP contribution < -0.4 is 5.73 Å². The Hall–Kier alpha value is -1.92. The number of piperazine rings is 1. The number of hydrogen-bond acceptors (Lipinski definition) is 4. The lowest BCUT2D eigenvalue weighted by atomic mass is 9.95. The van der Waals surface area contributed by atoms with Crippen molar-refractivity contribution < 1.29 is 9.59 Å². The summed E-state index contributed by atoms with van der Waals surface area (Å²) in [5.41, 5.74) is 6.66. The van der Waals surface area contributed by atoms with Gasteiger partial charge in [-0.25, -0.2) is 0 Å². The Kier molecular flexibility index (Phi) is 6.27. The van der Waals surface area contributed by atoms with Crippen LogP contribution >= 0.6 is 0 Å². The van der Waals surface area contributed by atoms with Crippen LogP contribution in [0.2, 0.25) is 0 Å². The third-order valence-corrected chi connectivity index (χ3v) is 5.67. The van der Waals surface area contributed by atoms with Crippen LogP contribution in [-0.4, -0.2) is 79.4 Å². The zero-order chi connectivity index (χ0) is 18.5. The van der Waals surface area contributed by atoms with Crippen molar-refractivity contribution in [1.82, 2.24) is 14.7 Å². The largest absolute Gasteiger partial charge is 0.366 e. The SMILES string of the molecule is CN1CCN(CC2CCN(C(=O)Cc3ccc(C(N)=O)cc3)CC2)CC1. The number of carbonyl (C=O) groups excluding carboxylic acids is 2. The summed E-state index contributed by atoms with van der Waals surface area (Å²) in [4.78, 5) is 30.6. The molecule has 2 amide bonds. The van der Waals surface area contributed by atoms with Crippen molar-refractivity contribution in [3.05, 3.63) is 35.4 Å². The number of hydrogen-bond donors (Lipinski definition) is 1. The first kappa shape index (κ1) is 18.9. The number of nitrogens with two attached hydrogens (primary N) is 1. The molecule has 0 atom stereocenters. The molecule has 142 valence electrons. The van der Waals surface area contributed by atoms with Crippen molar-refractivity contribution in [2.75, 3.05) is 52.9 Å². The Morgan fingerprint density at radius 1 is 1.00 bits per heavy atom. The minimum absolute atomic E-state index is 0.176. The Labute approximate surface area is 155 Å². The fraction of sp³-hybridized carbons (Fsp3) is 0.600. The fourth-order valence-corrected chi connectivity index (χ4v) is 3.83. The molecular weight excluding hydrogens is 328 g/mol. The van der Waals surface area contributed by atoms with E-state index in [1.165, 1.54) is 6.54 Å². The first-order chi connectivity index (χ1) is 12.5. The van der Waals surface area contributed by atoms with E-state index in [0.29, 0.717) is 17.9 Å². The maximum atomic E-state index is 12.5. The van der Waals surface area contributed by atoms with Crippen molar-refractivity contribution in [3.63, 3.8) is 0 Å². The summed E-state index contributed by atoms with van der Waals surface area (Å²) in [5.74, 6) is 0.442. The summed E-state index contributed by atoms with van der Waals surface area (Å²) >= 11 is 0. The second-order valence-corrected chi connectivity index (χ2v) is 7.67. The molecular formula is C20H30N4O2. The first-order valence-electron chi connectivity index (χ1n) is 9.58. The molecule has 0 spiro atoms. The van der Waals surface area contributed by atoms with Gasteiger partial charge in [-0.1, -0.05) is 12.1 Å². The van der Waals surface area contributed by atoms with E-state index in [2.05, 4.69) is 16.8 Å². The van der Waals surface area contributed by atoms with Gasteiger partial charge in [0.15, 0.2) is 0 Å². The van der Waals surface area contributed by atoms with Crippen molar-refractivity contribution in [2.45, 2.75) is 19.3 Å². The Balaban J connectivity index is 1.42. The highest BCUT2D eigenvalue weighted by Crippen LogP contribution is 2.20. The van der Waals surface area contributed by atoms with E-state index in [1.54, 1.807) is 12.1 Å². The molecule has 1 aromatic rings. The standard InChI is InChI=1S/C20H30N4O2/c1-22-10-12-23(13-11-22)15-17-6-8-24(9-7-17)19(25)14-16-2-4-18(5-3-16)20(21)26/h2-5,17H,6-15H2,1H3,(H2,21,26). The van der Waals surface area contributed by atoms with E-state index < -0.39 is 5.91 Å². The molecule has 2 N–H and O–H groups in total. The van der Waals surface area contributed by atoms with Gasteiger partial charge in [0.25, 0.3) is 0 Å². The molecule has 2 aliphatic rings. The van der Waals surface area contributed by atoms with Gasteiger partial charge in [0, 0.05) is 51.4 Å². The maximum Gasteiger partial charge on any atom is 0.248 e. The Morgan fingerprint density at radius 3 is 2.19 bits per heavy atom. The fourth-order valence-electron chi connectivity index (χ4n) is 3.83. The monoisotopic (exact) mass is 358 g/mol. The molecule has 0 aromatic heterocycles. The van der Waals surface area contributed by atoms with Gasteiger partial charge in [-0.15, -0.1) is 0 Å². The normalized spacial score (nSPS) is 20.3. The van der Waals surface area contributed by atoms with E-state index in [1.807, 2.05) is 17.0 Å². The predicted octanol–water partition coefficient (Wildman–Crippen LogP) is 0.814. The number of likely N-dealkylation sites (tertiary alicyclic amines) is 1. The molecule has 26 heavy (non-hydrogen) atoms. The molecule has 3 rings (SSSR count). The second-order valence-electron chi connectivity index (χ2n) is 7.67. The third kappa shape index (κ3) is 5.05. The second kappa shape index (κ2) is 8.64. The average Bonchev–Trinajstić information content (AvgIpc) is 2.64. The molecule has 6 heteroatoms. The number of amides is 2. The minimum atomic E-state index is -0.440. The predicted molar refractivity (Wildman–Crippen MR) is 102 cm³/mol. The molecule has 2 saturated heterocycles. The highest BCUT2D eigenvalue weighted by Gasteiger charge is 2.25. The maximum absolute atomic E-state index is 12.5. The quantitative estimate of drug-likeness (QED) is 0.846. The van der Waals surface area contributed by atoms with E-state index >= 15 is 0 Å². The topological polar surface area (TPSA) is 69.9 Å². The number of primary amides is 1. The van der Waals surface area contributed by atoms with E-state index in [9.17, 15) is 9.59 Å². The van der Waals surface area contributed by atoms with Crippen LogP contribution in [0.3, 0.4) is 0 Å². The summed E-state index contributed by atoms with van der Waals surface area (Å²) in [7, 11) is 2.18. The van der Waals surface area contributed by atoms with E-state index in [-0.39, 0.29) is 5.91 Å². The van der Waals surface area contributed by atoms with Gasteiger partial charge < -0.3 is 20.4 Å². The Morgan fingerprint density at radius 2 is 1.62 bits per heavy atom. The van der Waals surface area contributed by atoms with Crippen LogP contribution in [0, 0.1) is 5.92 Å². The van der Waals surface area contributed by atoms with Gasteiger partial charge in [-0.05, 0) is 43.5 Å². The van der Waals surface area contributed by atoms with Crippen molar-refractivity contribution >= 4 is 11.8 Å². The minimum Gasteiger partial charge on any atom is -0.366 e. The summed E-state index contributed by atoms with van der Waals surface area (Å²) in [6.07, 6.45) is 2.58. The Bertz CT molecular complexity index is 615. The number of nitrogens with zero attached hydrogens (tertiary/aromatic N) is 3. The molecule has 2 fully saturated rings. The molecule has 0 radical (unpaired) electrons. The van der Waals surface area contributed by atoms with E-state index in [0.717, 1.165) is 57.7 Å². The zero-order valence-corrected chi connectivity index (χ0v) is 15.7. The number of piperidine rings is 1. The van der Waals surface area contributed by atoms with Crippen LogP contribution in [-0.2, 0) is 11.2 Å². The smallest absolute Gasteiger partial charge is 0.248 e. The highest BCUT2D eigenvalue weighted by molar-refractivity contribution is 5.92. The molecule has 1 aromatic carbocycles. The van der Waals surface area contributed by atoms with Gasteiger partial charge in [0.05, 0.1) is 6.42 Å². The van der Waals surface area contributed by atoms with E-state index in [4.69, 9.17) is 5.73 Å². The zero-order valence-electron chi connectivity index (χ0n) is 15.7. The molecule has 0 aliphatic carbocycles. The lowest BCUT2D eigenvalue weighted by Gasteiger charge is -2.38. The number of likely N-dealkylation sites (N-methyl/N-ethyl adjacent to an activating group) is 1. The summed E-state index contributed by atoms with van der Waals surface area (Å²) in [6, 6.07) is 7.01. The van der Waals surface area contributed by atoms with Crippen LogP contribution in [0.1, 0.15) is 28.8 Å². The molecule has 2 heterocycles.